The summed E-state index contributed by atoms with van der Waals surface area (Å²) in [5, 5.41) is 1.78. The number of amides is 2. The number of hydrogen-bond donors (Lipinski definition) is 1. The van der Waals surface area contributed by atoms with Gasteiger partial charge in [-0.1, -0.05) is 68.1 Å². The zero-order valence-corrected chi connectivity index (χ0v) is 19.1. The topological polar surface area (TPSA) is 56.4 Å². The van der Waals surface area contributed by atoms with Gasteiger partial charge >= 0.3 is 0 Å². The summed E-state index contributed by atoms with van der Waals surface area (Å²) < 4.78 is 0. The molecular weight excluding hydrogens is 422 g/mol. The molecule has 1 saturated heterocycles. The van der Waals surface area contributed by atoms with E-state index in [1.54, 1.807) is 4.90 Å². The zero-order valence-electron chi connectivity index (χ0n) is 18.3. The van der Waals surface area contributed by atoms with Gasteiger partial charge in [-0.15, -0.1) is 0 Å². The summed E-state index contributed by atoms with van der Waals surface area (Å²) in [6, 6.07) is 15.0. The Kier molecular flexibility index (Phi) is 5.68. The third-order valence-corrected chi connectivity index (χ3v) is 7.06. The van der Waals surface area contributed by atoms with Gasteiger partial charge in [-0.05, 0) is 35.7 Å². The van der Waals surface area contributed by atoms with Crippen LogP contribution in [-0.2, 0) is 16.0 Å². The fourth-order valence-corrected chi connectivity index (χ4v) is 5.36. The molecule has 1 N–H and O–H groups in total. The molecule has 1 aromatic heterocycles. The molecule has 0 bridgehead atoms. The third-order valence-electron chi connectivity index (χ3n) is 6.81. The molecule has 2 amide bonds. The lowest BCUT2D eigenvalue weighted by atomic mass is 9.86. The molecule has 2 atom stereocenters. The molecule has 2 aliphatic heterocycles. The number of benzene rings is 2. The zero-order chi connectivity index (χ0) is 22.2. The fraction of sp³-hybridized carbons (Fsp3) is 0.385. The molecule has 6 heteroatoms. The van der Waals surface area contributed by atoms with E-state index < -0.39 is 6.04 Å². The van der Waals surface area contributed by atoms with E-state index in [2.05, 4.69) is 24.0 Å². The van der Waals surface area contributed by atoms with E-state index in [9.17, 15) is 9.59 Å². The van der Waals surface area contributed by atoms with Gasteiger partial charge in [-0.2, -0.15) is 0 Å². The SMILES string of the molecule is CCCCCCN1CC(=O)N2[C@@H](c3ccc(Cl)cc3)c3[nH]c4ccccc4c3C[C@H]2C1=O. The molecule has 2 aromatic carbocycles. The van der Waals surface area contributed by atoms with Crippen LogP contribution in [0.4, 0.5) is 0 Å². The van der Waals surface area contributed by atoms with Crippen molar-refractivity contribution in [3.05, 3.63) is 70.4 Å². The number of carbonyl (C=O) groups is 2. The van der Waals surface area contributed by atoms with Gasteiger partial charge in [-0.3, -0.25) is 9.59 Å². The standard InChI is InChI=1S/C26H28ClN3O2/c1-2-3-4-7-14-29-16-23(31)30-22(26(29)32)15-20-19-8-5-6-9-21(19)28-24(20)25(30)17-10-12-18(27)13-11-17/h5-6,8-13,22,25,28H,2-4,7,14-16H2,1H3/t22-,25-/m0/s1. The first-order valence-electron chi connectivity index (χ1n) is 11.5. The second kappa shape index (κ2) is 8.62. The average Bonchev–Trinajstić information content (AvgIpc) is 3.17. The van der Waals surface area contributed by atoms with Crippen LogP contribution < -0.4 is 0 Å². The third kappa shape index (κ3) is 3.58. The number of aromatic nitrogens is 1. The molecule has 5 nitrogen and oxygen atoms in total. The number of rotatable bonds is 6. The average molecular weight is 450 g/mol. The number of aromatic amines is 1. The van der Waals surface area contributed by atoms with Gasteiger partial charge in [0.1, 0.15) is 6.04 Å². The highest BCUT2D eigenvalue weighted by Gasteiger charge is 2.47. The largest absolute Gasteiger partial charge is 0.356 e. The molecule has 2 aliphatic rings. The van der Waals surface area contributed by atoms with Crippen LogP contribution in [0.5, 0.6) is 0 Å². The number of nitrogens with zero attached hydrogens (tertiary/aromatic N) is 2. The van der Waals surface area contributed by atoms with Crippen LogP contribution in [0.15, 0.2) is 48.5 Å². The van der Waals surface area contributed by atoms with Gasteiger partial charge in [0.15, 0.2) is 0 Å². The van der Waals surface area contributed by atoms with Crippen molar-refractivity contribution in [2.45, 2.75) is 51.1 Å². The summed E-state index contributed by atoms with van der Waals surface area (Å²) in [4.78, 5) is 34.2. The summed E-state index contributed by atoms with van der Waals surface area (Å²) in [7, 11) is 0. The summed E-state index contributed by atoms with van der Waals surface area (Å²) in [6.45, 7) is 2.98. The van der Waals surface area contributed by atoms with E-state index in [1.807, 2.05) is 41.3 Å². The van der Waals surface area contributed by atoms with E-state index in [-0.39, 0.29) is 24.4 Å². The van der Waals surface area contributed by atoms with Crippen LogP contribution in [-0.4, -0.2) is 45.7 Å². The minimum atomic E-state index is -0.477. The van der Waals surface area contributed by atoms with E-state index in [4.69, 9.17) is 11.6 Å². The van der Waals surface area contributed by atoms with Crippen molar-refractivity contribution in [1.82, 2.24) is 14.8 Å². The van der Waals surface area contributed by atoms with Gasteiger partial charge in [0, 0.05) is 34.6 Å². The van der Waals surface area contributed by atoms with Crippen molar-refractivity contribution in [3.63, 3.8) is 0 Å². The first-order chi connectivity index (χ1) is 15.6. The number of fused-ring (bicyclic) bond motifs is 4. The van der Waals surface area contributed by atoms with E-state index in [1.165, 1.54) is 0 Å². The molecule has 0 unspecified atom stereocenters. The number of piperazine rings is 1. The smallest absolute Gasteiger partial charge is 0.246 e. The summed E-state index contributed by atoms with van der Waals surface area (Å²) >= 11 is 6.15. The van der Waals surface area contributed by atoms with Crippen LogP contribution in [0.25, 0.3) is 10.9 Å². The highest BCUT2D eigenvalue weighted by atomic mass is 35.5. The van der Waals surface area contributed by atoms with E-state index in [0.29, 0.717) is 18.0 Å². The Morgan fingerprint density at radius 3 is 2.59 bits per heavy atom. The fourth-order valence-electron chi connectivity index (χ4n) is 5.23. The molecule has 166 valence electrons. The van der Waals surface area contributed by atoms with Crippen molar-refractivity contribution in [2.24, 2.45) is 0 Å². The molecular formula is C26H28ClN3O2. The van der Waals surface area contributed by atoms with E-state index >= 15 is 0 Å². The van der Waals surface area contributed by atoms with Crippen LogP contribution in [0, 0.1) is 0 Å². The number of hydrogen-bond acceptors (Lipinski definition) is 2. The summed E-state index contributed by atoms with van der Waals surface area (Å²) in [5.74, 6) is 0.0744. The van der Waals surface area contributed by atoms with Crippen molar-refractivity contribution in [2.75, 3.05) is 13.1 Å². The Morgan fingerprint density at radius 2 is 1.81 bits per heavy atom. The maximum absolute atomic E-state index is 13.6. The molecule has 1 fully saturated rings. The number of halogens is 1. The molecule has 0 saturated carbocycles. The minimum absolute atomic E-state index is 0.00866. The number of unbranched alkanes of at least 4 members (excludes halogenated alkanes) is 3. The highest BCUT2D eigenvalue weighted by Crippen LogP contribution is 2.42. The summed E-state index contributed by atoms with van der Waals surface area (Å²) in [6.07, 6.45) is 4.87. The Bertz CT molecular complexity index is 1150. The first-order valence-corrected chi connectivity index (χ1v) is 11.9. The van der Waals surface area contributed by atoms with Gasteiger partial charge in [0.05, 0.1) is 12.6 Å². The molecule has 3 aromatic rings. The molecule has 0 aliphatic carbocycles. The van der Waals surface area contributed by atoms with E-state index in [0.717, 1.165) is 53.4 Å². The first kappa shape index (κ1) is 21.1. The number of H-pyrrole nitrogens is 1. The lowest BCUT2D eigenvalue weighted by Gasteiger charge is -2.47. The predicted octanol–water partition coefficient (Wildman–Crippen LogP) is 5.09. The Hall–Kier alpha value is -2.79. The Morgan fingerprint density at radius 1 is 1.03 bits per heavy atom. The molecule has 32 heavy (non-hydrogen) atoms. The second-order valence-electron chi connectivity index (χ2n) is 8.86. The quantitative estimate of drug-likeness (QED) is 0.533. The minimum Gasteiger partial charge on any atom is -0.356 e. The van der Waals surface area contributed by atoms with Crippen molar-refractivity contribution >= 4 is 34.3 Å². The molecule has 5 rings (SSSR count). The van der Waals surface area contributed by atoms with Crippen molar-refractivity contribution < 1.29 is 9.59 Å². The normalized spacial score (nSPS) is 20.6. The van der Waals surface area contributed by atoms with Gasteiger partial charge in [0.25, 0.3) is 0 Å². The van der Waals surface area contributed by atoms with Gasteiger partial charge in [-0.25, -0.2) is 0 Å². The molecule has 3 heterocycles. The second-order valence-corrected chi connectivity index (χ2v) is 9.29. The highest BCUT2D eigenvalue weighted by molar-refractivity contribution is 6.30. The number of para-hydroxylation sites is 1. The Labute approximate surface area is 193 Å². The lowest BCUT2D eigenvalue weighted by molar-refractivity contribution is -0.158. The van der Waals surface area contributed by atoms with Crippen molar-refractivity contribution in [1.29, 1.82) is 0 Å². The van der Waals surface area contributed by atoms with Gasteiger partial charge < -0.3 is 14.8 Å². The van der Waals surface area contributed by atoms with Crippen LogP contribution in [0.2, 0.25) is 5.02 Å². The lowest BCUT2D eigenvalue weighted by Crippen LogP contribution is -2.63. The van der Waals surface area contributed by atoms with Crippen LogP contribution in [0.1, 0.15) is 55.5 Å². The number of carbonyl (C=O) groups excluding carboxylic acids is 2. The van der Waals surface area contributed by atoms with Crippen molar-refractivity contribution in [3.8, 4) is 0 Å². The number of nitrogens with one attached hydrogen (secondary N) is 1. The summed E-state index contributed by atoms with van der Waals surface area (Å²) in [5.41, 5.74) is 4.13. The monoisotopic (exact) mass is 449 g/mol. The van der Waals surface area contributed by atoms with Gasteiger partial charge in [0.2, 0.25) is 11.8 Å². The Balaban J connectivity index is 1.56. The maximum Gasteiger partial charge on any atom is 0.246 e. The van der Waals surface area contributed by atoms with Crippen LogP contribution >= 0.6 is 11.6 Å². The molecule has 0 radical (unpaired) electrons. The van der Waals surface area contributed by atoms with Crippen LogP contribution in [0.3, 0.4) is 0 Å². The predicted molar refractivity (Wildman–Crippen MR) is 127 cm³/mol. The molecule has 0 spiro atoms. The maximum atomic E-state index is 13.6.